The van der Waals surface area contributed by atoms with Gasteiger partial charge < -0.3 is 10.2 Å². The monoisotopic (exact) mass is 302 g/mol. The van der Waals surface area contributed by atoms with E-state index in [0.29, 0.717) is 11.0 Å². The van der Waals surface area contributed by atoms with Crippen molar-refractivity contribution in [3.63, 3.8) is 0 Å². The molecule has 5 heteroatoms. The van der Waals surface area contributed by atoms with Crippen LogP contribution in [0, 0.1) is 5.82 Å². The second-order valence-electron chi connectivity index (χ2n) is 4.01. The SMILES string of the molecule is CN(C)CCCNC(=O)c1cccc(Br)c1F. The van der Waals surface area contributed by atoms with E-state index < -0.39 is 5.82 Å². The lowest BCUT2D eigenvalue weighted by molar-refractivity contribution is 0.0948. The summed E-state index contributed by atoms with van der Waals surface area (Å²) < 4.78 is 13.9. The van der Waals surface area contributed by atoms with Gasteiger partial charge in [-0.15, -0.1) is 0 Å². The standard InChI is InChI=1S/C12H16BrFN2O/c1-16(2)8-4-7-15-12(17)9-5-3-6-10(13)11(9)14/h3,5-6H,4,7-8H2,1-2H3,(H,15,17). The summed E-state index contributed by atoms with van der Waals surface area (Å²) in [4.78, 5) is 13.7. The highest BCUT2D eigenvalue weighted by Gasteiger charge is 2.12. The van der Waals surface area contributed by atoms with Gasteiger partial charge in [0.25, 0.3) is 5.91 Å². The molecule has 0 heterocycles. The number of hydrogen-bond acceptors (Lipinski definition) is 2. The third-order valence-electron chi connectivity index (χ3n) is 2.26. The number of hydrogen-bond donors (Lipinski definition) is 1. The molecular formula is C12H16BrFN2O. The topological polar surface area (TPSA) is 32.3 Å². The van der Waals surface area contributed by atoms with Gasteiger partial charge in [-0.25, -0.2) is 4.39 Å². The first-order valence-corrected chi connectivity index (χ1v) is 6.18. The van der Waals surface area contributed by atoms with E-state index in [9.17, 15) is 9.18 Å². The van der Waals surface area contributed by atoms with Crippen molar-refractivity contribution < 1.29 is 9.18 Å². The summed E-state index contributed by atoms with van der Waals surface area (Å²) in [5.74, 6) is -0.889. The summed E-state index contributed by atoms with van der Waals surface area (Å²) in [5.41, 5.74) is 0.0734. The predicted molar refractivity (Wildman–Crippen MR) is 69.6 cm³/mol. The summed E-state index contributed by atoms with van der Waals surface area (Å²) in [7, 11) is 3.94. The molecule has 0 aliphatic rings. The molecule has 1 N–H and O–H groups in total. The molecule has 0 saturated heterocycles. The maximum atomic E-state index is 13.6. The van der Waals surface area contributed by atoms with Crippen molar-refractivity contribution in [2.75, 3.05) is 27.2 Å². The number of halogens is 2. The highest BCUT2D eigenvalue weighted by atomic mass is 79.9. The molecule has 0 aliphatic heterocycles. The molecule has 3 nitrogen and oxygen atoms in total. The van der Waals surface area contributed by atoms with Gasteiger partial charge in [0.15, 0.2) is 0 Å². The summed E-state index contributed by atoms with van der Waals surface area (Å²) in [6.07, 6.45) is 0.842. The average molecular weight is 303 g/mol. The highest BCUT2D eigenvalue weighted by Crippen LogP contribution is 2.18. The lowest BCUT2D eigenvalue weighted by Crippen LogP contribution is -2.27. The number of amides is 1. The summed E-state index contributed by atoms with van der Waals surface area (Å²) in [6.45, 7) is 1.43. The van der Waals surface area contributed by atoms with Gasteiger partial charge >= 0.3 is 0 Å². The predicted octanol–water partition coefficient (Wildman–Crippen LogP) is 2.27. The van der Waals surface area contributed by atoms with Crippen LogP contribution < -0.4 is 5.32 Å². The first kappa shape index (κ1) is 14.1. The molecule has 0 bridgehead atoms. The van der Waals surface area contributed by atoms with Crippen LogP contribution in [0.25, 0.3) is 0 Å². The molecule has 0 spiro atoms. The Morgan fingerprint density at radius 3 is 2.82 bits per heavy atom. The zero-order chi connectivity index (χ0) is 12.8. The van der Waals surface area contributed by atoms with Crippen LogP contribution in [0.5, 0.6) is 0 Å². The van der Waals surface area contributed by atoms with E-state index in [1.807, 2.05) is 19.0 Å². The zero-order valence-electron chi connectivity index (χ0n) is 9.96. The largest absolute Gasteiger partial charge is 0.352 e. The first-order valence-electron chi connectivity index (χ1n) is 5.39. The van der Waals surface area contributed by atoms with Crippen LogP contribution >= 0.6 is 15.9 Å². The molecule has 94 valence electrons. The number of nitrogens with one attached hydrogen (secondary N) is 1. The fourth-order valence-corrected chi connectivity index (χ4v) is 1.74. The van der Waals surface area contributed by atoms with Crippen LogP contribution in [0.2, 0.25) is 0 Å². The minimum Gasteiger partial charge on any atom is -0.352 e. The van der Waals surface area contributed by atoms with E-state index in [0.717, 1.165) is 13.0 Å². The van der Waals surface area contributed by atoms with E-state index >= 15 is 0 Å². The average Bonchev–Trinajstić information content (AvgIpc) is 2.27. The molecular weight excluding hydrogens is 287 g/mol. The van der Waals surface area contributed by atoms with Crippen molar-refractivity contribution in [3.05, 3.63) is 34.1 Å². The number of nitrogens with zero attached hydrogens (tertiary/aromatic N) is 1. The van der Waals surface area contributed by atoms with Crippen molar-refractivity contribution in [1.29, 1.82) is 0 Å². The van der Waals surface area contributed by atoms with Crippen LogP contribution in [0.15, 0.2) is 22.7 Å². The van der Waals surface area contributed by atoms with Crippen molar-refractivity contribution in [2.45, 2.75) is 6.42 Å². The van der Waals surface area contributed by atoms with Crippen LogP contribution in [-0.4, -0.2) is 38.0 Å². The minimum atomic E-state index is -0.516. The second kappa shape index (κ2) is 6.71. The Hall–Kier alpha value is -0.940. The Labute approximate surface area is 109 Å². The number of benzene rings is 1. The van der Waals surface area contributed by atoms with E-state index in [4.69, 9.17) is 0 Å². The Balaban J connectivity index is 2.50. The zero-order valence-corrected chi connectivity index (χ0v) is 11.6. The van der Waals surface area contributed by atoms with Crippen molar-refractivity contribution in [3.8, 4) is 0 Å². The van der Waals surface area contributed by atoms with Crippen LogP contribution in [0.4, 0.5) is 4.39 Å². The van der Waals surface area contributed by atoms with Gasteiger partial charge in [0.2, 0.25) is 0 Å². The molecule has 0 atom stereocenters. The number of carbonyl (C=O) groups excluding carboxylic acids is 1. The third-order valence-corrected chi connectivity index (χ3v) is 2.88. The Kier molecular flexibility index (Phi) is 5.58. The van der Waals surface area contributed by atoms with E-state index in [-0.39, 0.29) is 11.5 Å². The fraction of sp³-hybridized carbons (Fsp3) is 0.417. The van der Waals surface area contributed by atoms with Gasteiger partial charge in [0, 0.05) is 6.54 Å². The van der Waals surface area contributed by atoms with Crippen LogP contribution in [0.1, 0.15) is 16.8 Å². The van der Waals surface area contributed by atoms with Gasteiger partial charge in [0.05, 0.1) is 10.0 Å². The molecule has 0 saturated carbocycles. The summed E-state index contributed by atoms with van der Waals surface area (Å²) in [5, 5.41) is 2.70. The number of carbonyl (C=O) groups is 1. The molecule has 1 rings (SSSR count). The molecule has 1 amide bonds. The maximum absolute atomic E-state index is 13.6. The molecule has 17 heavy (non-hydrogen) atoms. The number of rotatable bonds is 5. The molecule has 0 radical (unpaired) electrons. The second-order valence-corrected chi connectivity index (χ2v) is 4.87. The Morgan fingerprint density at radius 2 is 2.18 bits per heavy atom. The van der Waals surface area contributed by atoms with Gasteiger partial charge in [-0.1, -0.05) is 6.07 Å². The normalized spacial score (nSPS) is 10.6. The maximum Gasteiger partial charge on any atom is 0.254 e. The molecule has 0 fully saturated rings. The molecule has 0 aromatic heterocycles. The molecule has 1 aromatic rings. The smallest absolute Gasteiger partial charge is 0.254 e. The lowest BCUT2D eigenvalue weighted by atomic mass is 10.2. The minimum absolute atomic E-state index is 0.0734. The Morgan fingerprint density at radius 1 is 1.47 bits per heavy atom. The van der Waals surface area contributed by atoms with E-state index in [2.05, 4.69) is 21.2 Å². The van der Waals surface area contributed by atoms with Gasteiger partial charge in [0.1, 0.15) is 5.82 Å². The van der Waals surface area contributed by atoms with Crippen LogP contribution in [-0.2, 0) is 0 Å². The fourth-order valence-electron chi connectivity index (χ4n) is 1.37. The van der Waals surface area contributed by atoms with Crippen LogP contribution in [0.3, 0.4) is 0 Å². The summed E-state index contributed by atoms with van der Waals surface area (Å²) in [6, 6.07) is 4.68. The van der Waals surface area contributed by atoms with Crippen molar-refractivity contribution in [1.82, 2.24) is 10.2 Å². The Bertz CT molecular complexity index is 396. The lowest BCUT2D eigenvalue weighted by Gasteiger charge is -2.10. The first-order chi connectivity index (χ1) is 8.02. The molecule has 0 aliphatic carbocycles. The summed E-state index contributed by atoms with van der Waals surface area (Å²) >= 11 is 3.05. The molecule has 0 unspecified atom stereocenters. The van der Waals surface area contributed by atoms with E-state index in [1.54, 1.807) is 12.1 Å². The van der Waals surface area contributed by atoms with Gasteiger partial charge in [-0.05, 0) is 55.1 Å². The van der Waals surface area contributed by atoms with Gasteiger partial charge in [-0.2, -0.15) is 0 Å². The van der Waals surface area contributed by atoms with Crippen molar-refractivity contribution in [2.24, 2.45) is 0 Å². The van der Waals surface area contributed by atoms with Gasteiger partial charge in [-0.3, -0.25) is 4.79 Å². The quantitative estimate of drug-likeness (QED) is 0.846. The molecule has 1 aromatic carbocycles. The van der Waals surface area contributed by atoms with E-state index in [1.165, 1.54) is 6.07 Å². The van der Waals surface area contributed by atoms with Crippen molar-refractivity contribution >= 4 is 21.8 Å². The third kappa shape index (κ3) is 4.44. The highest BCUT2D eigenvalue weighted by molar-refractivity contribution is 9.10.